The van der Waals surface area contributed by atoms with Crippen LogP contribution in [-0.4, -0.2) is 56.9 Å². The summed E-state index contributed by atoms with van der Waals surface area (Å²) in [5.74, 6) is 0.236. The van der Waals surface area contributed by atoms with Gasteiger partial charge in [-0.25, -0.2) is 4.79 Å². The van der Waals surface area contributed by atoms with E-state index in [4.69, 9.17) is 11.1 Å². The number of fused-ring (bicyclic) bond motifs is 1. The van der Waals surface area contributed by atoms with E-state index in [1.807, 2.05) is 6.92 Å². The zero-order valence-electron chi connectivity index (χ0n) is 18.2. The van der Waals surface area contributed by atoms with Crippen LogP contribution in [0.1, 0.15) is 52.4 Å². The van der Waals surface area contributed by atoms with Crippen molar-refractivity contribution in [3.05, 3.63) is 10.6 Å². The lowest BCUT2D eigenvalue weighted by Gasteiger charge is -2.46. The minimum Gasteiger partial charge on any atom is -0.477 e. The van der Waals surface area contributed by atoms with Crippen LogP contribution >= 0.6 is 11.8 Å². The maximum atomic E-state index is 12.5. The smallest absolute Gasteiger partial charge is 0.353 e. The lowest BCUT2D eigenvalue weighted by molar-refractivity contribution is -0.163. The molecule has 3 fully saturated rings. The fourth-order valence-corrected chi connectivity index (χ4v) is 7.76. The molecule has 0 aromatic carbocycles. The first-order valence-corrected chi connectivity index (χ1v) is 12.3. The molecule has 0 aromatic heterocycles. The molecule has 172 valence electrons. The van der Waals surface area contributed by atoms with Gasteiger partial charge in [0, 0.05) is 22.6 Å². The van der Waals surface area contributed by atoms with Crippen LogP contribution in [-0.2, 0) is 9.59 Å². The monoisotopic (exact) mass is 450 g/mol. The lowest BCUT2D eigenvalue weighted by atomic mass is 9.68. The van der Waals surface area contributed by atoms with Crippen LogP contribution in [0, 0.1) is 35.0 Å². The molecule has 2 aliphatic carbocycles. The summed E-state index contributed by atoms with van der Waals surface area (Å²) in [5, 5.41) is 30.4. The molecule has 0 unspecified atom stereocenters. The van der Waals surface area contributed by atoms with E-state index in [-0.39, 0.29) is 29.5 Å². The Balaban J connectivity index is 1.31. The van der Waals surface area contributed by atoms with Gasteiger partial charge in [0.15, 0.2) is 5.96 Å². The number of nitrogens with one attached hydrogen (secondary N) is 2. The van der Waals surface area contributed by atoms with Crippen LogP contribution in [0.4, 0.5) is 0 Å². The number of rotatable bonds is 7. The van der Waals surface area contributed by atoms with Crippen LogP contribution in [0.15, 0.2) is 10.6 Å². The van der Waals surface area contributed by atoms with Gasteiger partial charge in [-0.1, -0.05) is 6.92 Å². The Morgan fingerprint density at radius 3 is 2.48 bits per heavy atom. The molecule has 4 rings (SSSR count). The summed E-state index contributed by atoms with van der Waals surface area (Å²) >= 11 is 1.66. The average molecular weight is 451 g/mol. The number of carboxylic acids is 1. The number of nitrogens with zero attached hydrogens (tertiary/aromatic N) is 1. The summed E-state index contributed by atoms with van der Waals surface area (Å²) < 4.78 is 0. The number of aliphatic hydroxyl groups is 1. The quantitative estimate of drug-likeness (QED) is 0.227. The summed E-state index contributed by atoms with van der Waals surface area (Å²) in [4.78, 5) is 26.6. The number of aliphatic hydroxyl groups excluding tert-OH is 1. The van der Waals surface area contributed by atoms with Crippen molar-refractivity contribution in [3.63, 3.8) is 0 Å². The number of carbonyl (C=O) groups excluding carboxylic acids is 1. The predicted molar refractivity (Wildman–Crippen MR) is 119 cm³/mol. The normalized spacial score (nSPS) is 38.2. The second kappa shape index (κ2) is 8.65. The molecule has 0 aromatic rings. The van der Waals surface area contributed by atoms with Gasteiger partial charge in [0.1, 0.15) is 5.70 Å². The minimum atomic E-state index is -1.04. The minimum absolute atomic E-state index is 0.0448. The number of hydrogen-bond donors (Lipinski definition) is 5. The molecule has 2 aliphatic heterocycles. The number of guanidine groups is 1. The molecule has 0 spiro atoms. The van der Waals surface area contributed by atoms with Gasteiger partial charge in [-0.2, -0.15) is 0 Å². The van der Waals surface area contributed by atoms with Crippen LogP contribution in [0.2, 0.25) is 0 Å². The highest BCUT2D eigenvalue weighted by Crippen LogP contribution is 2.55. The summed E-state index contributed by atoms with van der Waals surface area (Å²) in [6, 6.07) is -0.226. The average Bonchev–Trinajstić information content (AvgIpc) is 2.91. The topological polar surface area (TPSA) is 140 Å². The van der Waals surface area contributed by atoms with Crippen molar-refractivity contribution < 1.29 is 19.8 Å². The van der Waals surface area contributed by atoms with E-state index in [1.54, 1.807) is 18.7 Å². The molecule has 0 radical (unpaired) electrons. The van der Waals surface area contributed by atoms with Crippen molar-refractivity contribution in [2.24, 2.45) is 35.3 Å². The number of β-lactam (4-membered cyclic amide) rings is 1. The molecule has 4 atom stereocenters. The van der Waals surface area contributed by atoms with Gasteiger partial charge in [0.05, 0.1) is 18.1 Å². The number of thioether (sulfide) groups is 1. The van der Waals surface area contributed by atoms with Crippen molar-refractivity contribution in [3.8, 4) is 0 Å². The van der Waals surface area contributed by atoms with E-state index in [1.165, 1.54) is 30.6 Å². The van der Waals surface area contributed by atoms with Crippen LogP contribution in [0.25, 0.3) is 0 Å². The van der Waals surface area contributed by atoms with Crippen LogP contribution < -0.4 is 11.1 Å². The zero-order chi connectivity index (χ0) is 22.4. The maximum Gasteiger partial charge on any atom is 0.353 e. The molecule has 1 amide bonds. The van der Waals surface area contributed by atoms with Crippen molar-refractivity contribution in [1.29, 1.82) is 5.41 Å². The molecular weight excluding hydrogens is 416 g/mol. The number of carboxylic acid groups (broad SMARTS) is 1. The molecule has 0 bridgehead atoms. The third-order valence-electron chi connectivity index (χ3n) is 7.88. The first-order chi connectivity index (χ1) is 14.7. The van der Waals surface area contributed by atoms with Crippen molar-refractivity contribution >= 4 is 29.6 Å². The molecule has 9 heteroatoms. The third-order valence-corrected chi connectivity index (χ3v) is 9.41. The van der Waals surface area contributed by atoms with Gasteiger partial charge in [-0.3, -0.25) is 10.2 Å². The Labute approximate surface area is 187 Å². The van der Waals surface area contributed by atoms with Gasteiger partial charge in [-0.05, 0) is 63.2 Å². The molecular formula is C22H34N4O4S. The largest absolute Gasteiger partial charge is 0.477 e. The predicted octanol–water partition coefficient (Wildman–Crippen LogP) is 1.94. The lowest BCUT2D eigenvalue weighted by Crippen LogP contribution is -2.63. The molecule has 6 N–H and O–H groups in total. The third kappa shape index (κ3) is 4.06. The summed E-state index contributed by atoms with van der Waals surface area (Å²) in [6.07, 6.45) is 6.22. The van der Waals surface area contributed by atoms with Crippen molar-refractivity contribution in [2.75, 3.05) is 6.54 Å². The van der Waals surface area contributed by atoms with Crippen molar-refractivity contribution in [1.82, 2.24) is 10.2 Å². The Morgan fingerprint density at radius 2 is 1.94 bits per heavy atom. The Kier molecular flexibility index (Phi) is 6.27. The zero-order valence-corrected chi connectivity index (χ0v) is 19.0. The Hall–Kier alpha value is -1.74. The number of aliphatic carboxylic acids is 1. The van der Waals surface area contributed by atoms with E-state index < -0.39 is 18.0 Å². The van der Waals surface area contributed by atoms with Gasteiger partial charge in [0.2, 0.25) is 5.91 Å². The van der Waals surface area contributed by atoms with E-state index in [0.717, 1.165) is 30.2 Å². The highest BCUT2D eigenvalue weighted by Gasteiger charge is 2.60. The molecule has 31 heavy (non-hydrogen) atoms. The fourth-order valence-electron chi connectivity index (χ4n) is 6.06. The van der Waals surface area contributed by atoms with Gasteiger partial charge in [0.25, 0.3) is 0 Å². The van der Waals surface area contributed by atoms with E-state index >= 15 is 0 Å². The van der Waals surface area contributed by atoms with Gasteiger partial charge < -0.3 is 26.2 Å². The van der Waals surface area contributed by atoms with E-state index in [0.29, 0.717) is 17.1 Å². The Bertz CT molecular complexity index is 786. The fraction of sp³-hybridized carbons (Fsp3) is 0.773. The SMILES string of the molecule is C[C@@H](O)[C@H]1C(=O)N2C(C(=O)O)=C(SC3CC([C@H]4CC[C@@H](CNC(=N)N)CC4)C3)[C@H](C)[C@H]12. The van der Waals surface area contributed by atoms with Gasteiger partial charge >= 0.3 is 5.97 Å². The number of hydrogen-bond acceptors (Lipinski definition) is 5. The van der Waals surface area contributed by atoms with Gasteiger partial charge in [-0.15, -0.1) is 11.8 Å². The van der Waals surface area contributed by atoms with Crippen molar-refractivity contribution in [2.45, 2.75) is 69.8 Å². The highest BCUT2D eigenvalue weighted by molar-refractivity contribution is 8.03. The summed E-state index contributed by atoms with van der Waals surface area (Å²) in [6.45, 7) is 4.39. The Morgan fingerprint density at radius 1 is 1.29 bits per heavy atom. The molecule has 2 saturated carbocycles. The first kappa shape index (κ1) is 22.5. The number of amides is 1. The standard InChI is InChI=1S/C22H34N4O4S/c1-10-17-16(11(2)27)20(28)26(17)18(21(29)30)19(10)31-15-7-14(8-15)13-5-3-12(4-6-13)9-25-22(23)24/h10-17,27H,3-9H2,1-2H3,(H,29,30)(H4,23,24,25)/t10-,11-,12-,13+,14?,15?,16-,17-/m1/s1. The summed E-state index contributed by atoms with van der Waals surface area (Å²) in [5.41, 5.74) is 5.53. The second-order valence-electron chi connectivity index (χ2n) is 9.82. The number of carbonyl (C=O) groups is 2. The number of nitrogens with two attached hydrogens (primary N) is 1. The van der Waals surface area contributed by atoms with Crippen LogP contribution in [0.3, 0.4) is 0 Å². The van der Waals surface area contributed by atoms with Crippen LogP contribution in [0.5, 0.6) is 0 Å². The second-order valence-corrected chi connectivity index (χ2v) is 11.2. The van der Waals surface area contributed by atoms with E-state index in [9.17, 15) is 19.8 Å². The molecule has 2 heterocycles. The molecule has 8 nitrogen and oxygen atoms in total. The molecule has 1 saturated heterocycles. The van der Waals surface area contributed by atoms with E-state index in [2.05, 4.69) is 5.32 Å². The maximum absolute atomic E-state index is 12.5. The highest BCUT2D eigenvalue weighted by atomic mass is 32.2. The molecule has 4 aliphatic rings. The first-order valence-electron chi connectivity index (χ1n) is 11.4. The summed E-state index contributed by atoms with van der Waals surface area (Å²) in [7, 11) is 0.